The Bertz CT molecular complexity index is 1560. The normalized spacial score (nSPS) is 16.2. The summed E-state index contributed by atoms with van der Waals surface area (Å²) in [5.74, 6) is 1.49. The van der Waals surface area contributed by atoms with Crippen molar-refractivity contribution in [1.29, 1.82) is 0 Å². The number of hydrogen-bond acceptors (Lipinski definition) is 10. The van der Waals surface area contributed by atoms with Crippen molar-refractivity contribution in [1.82, 2.24) is 15.1 Å². The first kappa shape index (κ1) is 26.1. The maximum Gasteiger partial charge on any atom is 0.336 e. The van der Waals surface area contributed by atoms with Gasteiger partial charge in [-0.1, -0.05) is 30.3 Å². The van der Waals surface area contributed by atoms with Crippen LogP contribution in [0.2, 0.25) is 0 Å². The fourth-order valence-corrected chi connectivity index (χ4v) is 5.44. The third-order valence-corrected chi connectivity index (χ3v) is 7.55. The molecule has 6 rings (SSSR count). The van der Waals surface area contributed by atoms with Gasteiger partial charge in [0, 0.05) is 29.8 Å². The van der Waals surface area contributed by atoms with Crippen LogP contribution < -0.4 is 14.2 Å². The zero-order chi connectivity index (χ0) is 27.3. The quantitative estimate of drug-likeness (QED) is 0.155. The van der Waals surface area contributed by atoms with Crippen molar-refractivity contribution >= 4 is 34.5 Å². The smallest absolute Gasteiger partial charge is 0.336 e. The van der Waals surface area contributed by atoms with Gasteiger partial charge in [0.05, 0.1) is 12.4 Å². The van der Waals surface area contributed by atoms with Crippen LogP contribution in [0, 0.1) is 0 Å². The lowest BCUT2D eigenvalue weighted by molar-refractivity contribution is -0.131. The van der Waals surface area contributed by atoms with Gasteiger partial charge in [-0.15, -0.1) is 22.0 Å². The summed E-state index contributed by atoms with van der Waals surface area (Å²) in [4.78, 5) is 27.4. The highest BCUT2D eigenvalue weighted by Crippen LogP contribution is 2.44. The maximum absolute atomic E-state index is 12.6. The number of esters is 2. The van der Waals surface area contributed by atoms with E-state index in [0.717, 1.165) is 54.2 Å². The number of aromatic nitrogens is 2. The van der Waals surface area contributed by atoms with Crippen molar-refractivity contribution in [2.24, 2.45) is 0 Å². The van der Waals surface area contributed by atoms with Crippen LogP contribution >= 0.6 is 11.8 Å². The highest BCUT2D eigenvalue weighted by Gasteiger charge is 2.27. The molecule has 1 saturated heterocycles. The lowest BCUT2D eigenvalue weighted by atomic mass is 10.0. The molecule has 1 fully saturated rings. The number of hydrogen-bond donors (Lipinski definition) is 0. The summed E-state index contributed by atoms with van der Waals surface area (Å²) >= 11 is 1.58. The van der Waals surface area contributed by atoms with Crippen molar-refractivity contribution in [2.45, 2.75) is 25.1 Å². The van der Waals surface area contributed by atoms with Crippen molar-refractivity contribution in [2.75, 3.05) is 25.4 Å². The van der Waals surface area contributed by atoms with E-state index in [1.165, 1.54) is 12.8 Å². The summed E-state index contributed by atoms with van der Waals surface area (Å²) in [6.07, 6.45) is 4.49. The number of nitrogens with zero attached hydrogens (tertiary/aromatic N) is 3. The van der Waals surface area contributed by atoms with Crippen LogP contribution in [-0.4, -0.2) is 52.5 Å². The molecule has 0 saturated carbocycles. The molecule has 10 heteroatoms. The van der Waals surface area contributed by atoms with Crippen LogP contribution in [0.3, 0.4) is 0 Å². The number of carbonyl (C=O) groups excluding carboxylic acids is 2. The Balaban J connectivity index is 1.26. The van der Waals surface area contributed by atoms with Crippen LogP contribution in [0.1, 0.15) is 24.3 Å². The number of rotatable bonds is 9. The van der Waals surface area contributed by atoms with E-state index in [4.69, 9.17) is 18.6 Å². The van der Waals surface area contributed by atoms with Crippen molar-refractivity contribution < 1.29 is 28.2 Å². The van der Waals surface area contributed by atoms with Crippen LogP contribution in [-0.2, 0) is 21.9 Å². The molecular formula is C30H27N3O6S. The van der Waals surface area contributed by atoms with Gasteiger partial charge in [0.15, 0.2) is 5.75 Å². The first-order valence-electron chi connectivity index (χ1n) is 13.1. The number of para-hydroxylation sites is 1. The minimum absolute atomic E-state index is 0.103. The van der Waals surface area contributed by atoms with Gasteiger partial charge in [-0.3, -0.25) is 4.90 Å². The third-order valence-electron chi connectivity index (χ3n) is 6.64. The monoisotopic (exact) mass is 557 g/mol. The topological polar surface area (TPSA) is 104 Å². The van der Waals surface area contributed by atoms with E-state index >= 15 is 0 Å². The summed E-state index contributed by atoms with van der Waals surface area (Å²) in [5, 5.41) is 9.84. The summed E-state index contributed by atoms with van der Waals surface area (Å²) < 4.78 is 23.1. The van der Waals surface area contributed by atoms with Gasteiger partial charge in [0.2, 0.25) is 5.89 Å². The Morgan fingerprint density at radius 1 is 0.925 bits per heavy atom. The number of fused-ring (bicyclic) bond motifs is 4. The minimum atomic E-state index is -0.702. The van der Waals surface area contributed by atoms with Crippen LogP contribution in [0.25, 0.3) is 22.2 Å². The van der Waals surface area contributed by atoms with Gasteiger partial charge in [0.25, 0.3) is 5.89 Å². The Kier molecular flexibility index (Phi) is 7.78. The lowest BCUT2D eigenvalue weighted by Crippen LogP contribution is -2.18. The van der Waals surface area contributed by atoms with Gasteiger partial charge in [-0.25, -0.2) is 9.59 Å². The van der Waals surface area contributed by atoms with Gasteiger partial charge in [-0.05, 0) is 61.1 Å². The summed E-state index contributed by atoms with van der Waals surface area (Å²) in [6.45, 7) is 3.51. The molecule has 0 atom stereocenters. The van der Waals surface area contributed by atoms with Crippen molar-refractivity contribution in [3.05, 3.63) is 78.2 Å². The second kappa shape index (κ2) is 11.9. The Morgan fingerprint density at radius 2 is 1.73 bits per heavy atom. The Labute approximate surface area is 235 Å². The zero-order valence-corrected chi connectivity index (χ0v) is 22.5. The number of benzene rings is 3. The molecule has 40 heavy (non-hydrogen) atoms. The molecular weight excluding hydrogens is 530 g/mol. The summed E-state index contributed by atoms with van der Waals surface area (Å²) in [6, 6.07) is 17.3. The largest absolute Gasteiger partial charge is 0.493 e. The van der Waals surface area contributed by atoms with Crippen molar-refractivity contribution in [3.63, 3.8) is 0 Å². The second-order valence-corrected chi connectivity index (χ2v) is 10.6. The van der Waals surface area contributed by atoms with E-state index in [0.29, 0.717) is 23.6 Å². The molecule has 0 radical (unpaired) electrons. The number of thioether (sulfide) groups is 1. The van der Waals surface area contributed by atoms with E-state index in [1.54, 1.807) is 17.8 Å². The SMILES string of the molecule is O=C1/C=C\C(=O)Oc2c(-c3nnc(CSCCOc4ccccc4)o3)c(cc3cc(CN4CCCC4)ccc23)O1. The molecule has 3 aromatic carbocycles. The zero-order valence-electron chi connectivity index (χ0n) is 21.7. The van der Waals surface area contributed by atoms with Crippen molar-refractivity contribution in [3.8, 4) is 28.7 Å². The fourth-order valence-electron chi connectivity index (χ4n) is 4.81. The molecule has 0 amide bonds. The van der Waals surface area contributed by atoms with E-state index in [-0.39, 0.29) is 23.0 Å². The molecule has 4 aromatic rings. The number of carbonyl (C=O) groups is 2. The first-order chi connectivity index (χ1) is 19.6. The molecule has 0 aliphatic carbocycles. The van der Waals surface area contributed by atoms with E-state index in [9.17, 15) is 9.59 Å². The van der Waals surface area contributed by atoms with Crippen LogP contribution in [0.4, 0.5) is 0 Å². The summed E-state index contributed by atoms with van der Waals surface area (Å²) in [5.41, 5.74) is 1.39. The van der Waals surface area contributed by atoms with Crippen LogP contribution in [0.5, 0.6) is 17.2 Å². The van der Waals surface area contributed by atoms with Gasteiger partial charge >= 0.3 is 11.9 Å². The molecule has 3 heterocycles. The summed E-state index contributed by atoms with van der Waals surface area (Å²) in [7, 11) is 0. The Hall–Kier alpha value is -4.15. The van der Waals surface area contributed by atoms with Gasteiger partial charge < -0.3 is 18.6 Å². The lowest BCUT2D eigenvalue weighted by Gasteiger charge is -2.17. The highest BCUT2D eigenvalue weighted by molar-refractivity contribution is 7.98. The molecule has 9 nitrogen and oxygen atoms in total. The van der Waals surface area contributed by atoms with Gasteiger partial charge in [-0.2, -0.15) is 0 Å². The highest BCUT2D eigenvalue weighted by atomic mass is 32.2. The van der Waals surface area contributed by atoms with E-state index < -0.39 is 11.9 Å². The predicted molar refractivity (Wildman–Crippen MR) is 150 cm³/mol. The molecule has 0 spiro atoms. The third kappa shape index (κ3) is 6.03. The van der Waals surface area contributed by atoms with E-state index in [1.807, 2.05) is 48.5 Å². The fraction of sp³-hybridized carbons (Fsp3) is 0.267. The van der Waals surface area contributed by atoms with Crippen LogP contribution in [0.15, 0.2) is 71.2 Å². The molecule has 204 valence electrons. The standard InChI is InChI=1S/C30H27N3O6S/c34-26-10-11-27(35)39-29-23-9-8-20(18-33-12-4-5-13-33)16-21(23)17-24(37-26)28(29)30-32-31-25(38-30)19-40-15-14-36-22-6-2-1-3-7-22/h1-3,6-11,16-17H,4-5,12-15,18-19H2/b11-10-. The maximum atomic E-state index is 12.6. The van der Waals surface area contributed by atoms with E-state index in [2.05, 4.69) is 15.1 Å². The number of likely N-dealkylation sites (tertiary alicyclic amines) is 1. The average molecular weight is 558 g/mol. The molecule has 0 N–H and O–H groups in total. The number of ether oxygens (including phenoxy) is 3. The second-order valence-electron chi connectivity index (χ2n) is 9.51. The molecule has 0 unspecified atom stereocenters. The molecule has 2 bridgehead atoms. The average Bonchev–Trinajstić information content (AvgIpc) is 3.65. The molecule has 2 aliphatic rings. The Morgan fingerprint density at radius 3 is 2.55 bits per heavy atom. The molecule has 1 aromatic heterocycles. The minimum Gasteiger partial charge on any atom is -0.493 e. The first-order valence-corrected chi connectivity index (χ1v) is 14.3. The van der Waals surface area contributed by atoms with Gasteiger partial charge in [0.1, 0.15) is 17.1 Å². The molecule has 2 aliphatic heterocycles. The predicted octanol–water partition coefficient (Wildman–Crippen LogP) is 5.18.